The highest BCUT2D eigenvalue weighted by Crippen LogP contribution is 2.18. The van der Waals surface area contributed by atoms with Gasteiger partial charge >= 0.3 is 0 Å². The third kappa shape index (κ3) is 4.63. The summed E-state index contributed by atoms with van der Waals surface area (Å²) in [5, 5.41) is 3.09. The fraction of sp³-hybridized carbons (Fsp3) is 0.588. The highest BCUT2D eigenvalue weighted by atomic mass is 16.5. The fourth-order valence-corrected chi connectivity index (χ4v) is 2.62. The van der Waals surface area contributed by atoms with Gasteiger partial charge in [-0.05, 0) is 50.6 Å². The number of amides is 1. The minimum atomic E-state index is -0.502. The van der Waals surface area contributed by atoms with Crippen molar-refractivity contribution in [1.82, 2.24) is 10.2 Å². The maximum Gasteiger partial charge on any atom is 0.260 e. The summed E-state index contributed by atoms with van der Waals surface area (Å²) in [4.78, 5) is 14.6. The second-order valence-corrected chi connectivity index (χ2v) is 5.65. The predicted octanol–water partition coefficient (Wildman–Crippen LogP) is 2.06. The van der Waals surface area contributed by atoms with Gasteiger partial charge in [0.2, 0.25) is 0 Å². The maximum absolute atomic E-state index is 12.2. The summed E-state index contributed by atoms with van der Waals surface area (Å²) >= 11 is 0. The number of nitrogens with one attached hydrogen (secondary N) is 1. The van der Waals surface area contributed by atoms with E-state index < -0.39 is 6.10 Å². The van der Waals surface area contributed by atoms with Crippen LogP contribution in [0.25, 0.3) is 0 Å². The molecule has 1 aromatic carbocycles. The van der Waals surface area contributed by atoms with Gasteiger partial charge in [0.1, 0.15) is 11.5 Å². The van der Waals surface area contributed by atoms with Gasteiger partial charge in [-0.15, -0.1) is 0 Å². The predicted molar refractivity (Wildman–Crippen MR) is 86.4 cm³/mol. The molecule has 2 rings (SSSR count). The lowest BCUT2D eigenvalue weighted by Crippen LogP contribution is -2.48. The molecule has 0 spiro atoms. The summed E-state index contributed by atoms with van der Waals surface area (Å²) in [7, 11) is 1.62. The van der Waals surface area contributed by atoms with Crippen molar-refractivity contribution in [2.24, 2.45) is 0 Å². The van der Waals surface area contributed by atoms with Crippen molar-refractivity contribution in [1.29, 1.82) is 0 Å². The SMILES string of the molecule is CCN1CCC(NC(=O)C(C)Oc2ccc(OC)cc2)CC1. The molecule has 0 saturated carbocycles. The van der Waals surface area contributed by atoms with E-state index >= 15 is 0 Å². The third-order valence-electron chi connectivity index (χ3n) is 4.12. The molecule has 1 atom stereocenters. The normalized spacial score (nSPS) is 17.8. The molecule has 1 saturated heterocycles. The van der Waals surface area contributed by atoms with Crippen LogP contribution in [0.2, 0.25) is 0 Å². The number of piperidine rings is 1. The van der Waals surface area contributed by atoms with Crippen LogP contribution < -0.4 is 14.8 Å². The first-order valence-electron chi connectivity index (χ1n) is 7.95. The number of carbonyl (C=O) groups excluding carboxylic acids is 1. The zero-order valence-corrected chi connectivity index (χ0v) is 13.7. The smallest absolute Gasteiger partial charge is 0.260 e. The van der Waals surface area contributed by atoms with Crippen molar-refractivity contribution >= 4 is 5.91 Å². The van der Waals surface area contributed by atoms with E-state index in [1.165, 1.54) is 0 Å². The molecule has 1 aliphatic rings. The number of nitrogens with zero attached hydrogens (tertiary/aromatic N) is 1. The lowest BCUT2D eigenvalue weighted by Gasteiger charge is -2.32. The third-order valence-corrected chi connectivity index (χ3v) is 4.12. The molecular formula is C17H26N2O3. The zero-order chi connectivity index (χ0) is 15.9. The first kappa shape index (κ1) is 16.6. The summed E-state index contributed by atoms with van der Waals surface area (Å²) in [5.41, 5.74) is 0. The molecule has 1 amide bonds. The highest BCUT2D eigenvalue weighted by molar-refractivity contribution is 5.81. The van der Waals surface area contributed by atoms with Gasteiger partial charge in [-0.1, -0.05) is 6.92 Å². The molecule has 5 heteroatoms. The zero-order valence-electron chi connectivity index (χ0n) is 13.7. The average Bonchev–Trinajstić information content (AvgIpc) is 2.56. The molecule has 1 fully saturated rings. The van der Waals surface area contributed by atoms with E-state index in [-0.39, 0.29) is 11.9 Å². The van der Waals surface area contributed by atoms with Crippen LogP contribution in [0, 0.1) is 0 Å². The number of methoxy groups -OCH3 is 1. The van der Waals surface area contributed by atoms with Gasteiger partial charge in [-0.25, -0.2) is 0 Å². The van der Waals surface area contributed by atoms with Crippen molar-refractivity contribution in [3.8, 4) is 11.5 Å². The van der Waals surface area contributed by atoms with Crippen LogP contribution in [0.3, 0.4) is 0 Å². The van der Waals surface area contributed by atoms with Crippen LogP contribution in [0.5, 0.6) is 11.5 Å². The molecule has 0 radical (unpaired) electrons. The molecule has 5 nitrogen and oxygen atoms in total. The number of hydrogen-bond acceptors (Lipinski definition) is 4. The molecule has 0 bridgehead atoms. The Morgan fingerprint density at radius 2 is 1.86 bits per heavy atom. The van der Waals surface area contributed by atoms with Gasteiger partial charge in [0, 0.05) is 19.1 Å². The van der Waals surface area contributed by atoms with E-state index in [1.54, 1.807) is 14.0 Å². The second kappa shape index (κ2) is 8.03. The van der Waals surface area contributed by atoms with Crippen LogP contribution in [0.15, 0.2) is 24.3 Å². The number of rotatable bonds is 6. The number of benzene rings is 1. The lowest BCUT2D eigenvalue weighted by molar-refractivity contribution is -0.128. The Labute approximate surface area is 132 Å². The molecule has 0 aliphatic carbocycles. The molecule has 122 valence electrons. The summed E-state index contributed by atoms with van der Waals surface area (Å²) < 4.78 is 10.8. The topological polar surface area (TPSA) is 50.8 Å². The van der Waals surface area contributed by atoms with Crippen molar-refractivity contribution in [3.05, 3.63) is 24.3 Å². The maximum atomic E-state index is 12.2. The van der Waals surface area contributed by atoms with Crippen LogP contribution in [0.1, 0.15) is 26.7 Å². The molecule has 1 heterocycles. The van der Waals surface area contributed by atoms with E-state index in [1.807, 2.05) is 24.3 Å². The van der Waals surface area contributed by atoms with Crippen molar-refractivity contribution < 1.29 is 14.3 Å². The van der Waals surface area contributed by atoms with Gasteiger partial charge < -0.3 is 19.7 Å². The van der Waals surface area contributed by atoms with Crippen LogP contribution in [-0.2, 0) is 4.79 Å². The van der Waals surface area contributed by atoms with E-state index in [0.717, 1.165) is 38.2 Å². The summed E-state index contributed by atoms with van der Waals surface area (Å²) in [6.45, 7) is 7.13. The minimum absolute atomic E-state index is 0.0502. The van der Waals surface area contributed by atoms with Gasteiger partial charge in [0.05, 0.1) is 7.11 Å². The quantitative estimate of drug-likeness (QED) is 0.874. The van der Waals surface area contributed by atoms with E-state index in [4.69, 9.17) is 9.47 Å². The summed E-state index contributed by atoms with van der Waals surface area (Å²) in [6.07, 6.45) is 1.52. The number of hydrogen-bond donors (Lipinski definition) is 1. The standard InChI is InChI=1S/C17H26N2O3/c1-4-19-11-9-14(10-12-19)18-17(20)13(2)22-16-7-5-15(21-3)6-8-16/h5-8,13-14H,4,9-12H2,1-3H3,(H,18,20). The van der Waals surface area contributed by atoms with E-state index in [2.05, 4.69) is 17.1 Å². The van der Waals surface area contributed by atoms with Gasteiger partial charge in [-0.2, -0.15) is 0 Å². The van der Waals surface area contributed by atoms with Crippen LogP contribution in [0.4, 0.5) is 0 Å². The number of likely N-dealkylation sites (tertiary alicyclic amines) is 1. The molecule has 0 aromatic heterocycles. The lowest BCUT2D eigenvalue weighted by atomic mass is 10.0. The Morgan fingerprint density at radius 3 is 2.41 bits per heavy atom. The average molecular weight is 306 g/mol. The van der Waals surface area contributed by atoms with Gasteiger partial charge in [0.25, 0.3) is 5.91 Å². The molecule has 1 N–H and O–H groups in total. The van der Waals surface area contributed by atoms with Gasteiger partial charge in [0.15, 0.2) is 6.10 Å². The van der Waals surface area contributed by atoms with Crippen molar-refractivity contribution in [2.45, 2.75) is 38.8 Å². The second-order valence-electron chi connectivity index (χ2n) is 5.65. The Kier molecular flexibility index (Phi) is 6.07. The Bertz CT molecular complexity index is 467. The van der Waals surface area contributed by atoms with Crippen LogP contribution in [-0.4, -0.2) is 49.7 Å². The molecule has 1 unspecified atom stereocenters. The molecule has 1 aliphatic heterocycles. The minimum Gasteiger partial charge on any atom is -0.497 e. The first-order chi connectivity index (χ1) is 10.6. The Morgan fingerprint density at radius 1 is 1.27 bits per heavy atom. The first-order valence-corrected chi connectivity index (χ1v) is 7.95. The van der Waals surface area contributed by atoms with Crippen molar-refractivity contribution in [2.75, 3.05) is 26.7 Å². The fourth-order valence-electron chi connectivity index (χ4n) is 2.62. The number of carbonyl (C=O) groups is 1. The van der Waals surface area contributed by atoms with Crippen LogP contribution >= 0.6 is 0 Å². The molecular weight excluding hydrogens is 280 g/mol. The van der Waals surface area contributed by atoms with Gasteiger partial charge in [-0.3, -0.25) is 4.79 Å². The summed E-state index contributed by atoms with van der Waals surface area (Å²) in [6, 6.07) is 7.52. The largest absolute Gasteiger partial charge is 0.497 e. The number of ether oxygens (including phenoxy) is 2. The van der Waals surface area contributed by atoms with E-state index in [0.29, 0.717) is 5.75 Å². The van der Waals surface area contributed by atoms with E-state index in [9.17, 15) is 4.79 Å². The summed E-state index contributed by atoms with van der Waals surface area (Å²) in [5.74, 6) is 1.39. The van der Waals surface area contributed by atoms with Crippen molar-refractivity contribution in [3.63, 3.8) is 0 Å². The molecule has 22 heavy (non-hydrogen) atoms. The Balaban J connectivity index is 1.79. The Hall–Kier alpha value is -1.75. The monoisotopic (exact) mass is 306 g/mol. The highest BCUT2D eigenvalue weighted by Gasteiger charge is 2.22. The molecule has 1 aromatic rings.